The summed E-state index contributed by atoms with van der Waals surface area (Å²) in [6.07, 6.45) is 0. The van der Waals surface area contributed by atoms with E-state index in [0.29, 0.717) is 0 Å². The lowest BCUT2D eigenvalue weighted by Crippen LogP contribution is -2.66. The molecule has 0 saturated heterocycles. The largest absolute Gasteiger partial charge is 0.384 e. The first-order valence-electron chi connectivity index (χ1n) is 6.58. The summed E-state index contributed by atoms with van der Waals surface area (Å²) in [5, 5.41) is 0. The van der Waals surface area contributed by atoms with E-state index < -0.39 is 40.7 Å². The molecule has 1 fully saturated rings. The Morgan fingerprint density at radius 2 is 0.696 bits per heavy atom. The third kappa shape index (κ3) is 2.52. The first-order valence-corrected chi connectivity index (χ1v) is 6.58. The number of halogens is 8. The Balaban J connectivity index is 3.78. The van der Waals surface area contributed by atoms with E-state index in [4.69, 9.17) is 0 Å². The molecule has 0 radical (unpaired) electrons. The average Bonchev–Trinajstić information content (AvgIpc) is 2.25. The maximum atomic E-state index is 14.1. The fourth-order valence-electron chi connectivity index (χ4n) is 2.14. The number of hydrogen-bond acceptors (Lipinski definition) is 2. The Hall–Kier alpha value is -0.640. The zero-order valence-corrected chi connectivity index (χ0v) is 13.3. The second-order valence-electron chi connectivity index (χ2n) is 7.34. The molecule has 10 heteroatoms. The van der Waals surface area contributed by atoms with E-state index in [9.17, 15) is 35.1 Å². The monoisotopic (exact) mass is 358 g/mol. The molecular formula is C13H18F8O2. The summed E-state index contributed by atoms with van der Waals surface area (Å²) in [5.41, 5.74) is -3.82. The molecule has 138 valence electrons. The van der Waals surface area contributed by atoms with Gasteiger partial charge in [0.1, 0.15) is 0 Å². The highest BCUT2D eigenvalue weighted by atomic mass is 19.4. The van der Waals surface area contributed by atoms with Crippen molar-refractivity contribution in [2.75, 3.05) is 0 Å². The Labute approximate surface area is 128 Å². The third-order valence-electron chi connectivity index (χ3n) is 2.91. The van der Waals surface area contributed by atoms with E-state index in [0.717, 1.165) is 41.5 Å². The average molecular weight is 358 g/mol. The molecule has 0 heterocycles. The first kappa shape index (κ1) is 20.4. The van der Waals surface area contributed by atoms with Gasteiger partial charge in [-0.05, 0) is 41.5 Å². The van der Waals surface area contributed by atoms with E-state index in [1.54, 1.807) is 0 Å². The zero-order chi connectivity index (χ0) is 18.9. The summed E-state index contributed by atoms with van der Waals surface area (Å²) in [5.74, 6) is -29.6. The topological polar surface area (TPSA) is 18.5 Å². The predicted molar refractivity (Wildman–Crippen MR) is 64.2 cm³/mol. The molecule has 1 aliphatic rings. The van der Waals surface area contributed by atoms with Crippen LogP contribution in [-0.4, -0.2) is 40.7 Å². The Kier molecular flexibility index (Phi) is 4.18. The summed E-state index contributed by atoms with van der Waals surface area (Å²) in [7, 11) is 0. The minimum Gasteiger partial charge on any atom is -0.334 e. The second-order valence-corrected chi connectivity index (χ2v) is 7.34. The molecule has 0 aromatic rings. The van der Waals surface area contributed by atoms with Crippen LogP contribution in [0.5, 0.6) is 0 Å². The van der Waals surface area contributed by atoms with Crippen LogP contribution >= 0.6 is 0 Å². The lowest BCUT2D eigenvalue weighted by Gasteiger charge is -2.45. The van der Waals surface area contributed by atoms with Crippen molar-refractivity contribution in [3.63, 3.8) is 0 Å². The van der Waals surface area contributed by atoms with Gasteiger partial charge in [-0.3, -0.25) is 0 Å². The molecule has 0 N–H and O–H groups in total. The highest BCUT2D eigenvalue weighted by Gasteiger charge is 3.02. The molecule has 23 heavy (non-hydrogen) atoms. The molecule has 0 aromatic heterocycles. The van der Waals surface area contributed by atoms with Crippen molar-refractivity contribution in [3.05, 3.63) is 0 Å². The normalized spacial score (nSPS) is 27.9. The number of hydrogen-bond donors (Lipinski definition) is 0. The fourth-order valence-corrected chi connectivity index (χ4v) is 2.14. The van der Waals surface area contributed by atoms with Gasteiger partial charge in [-0.25, -0.2) is 0 Å². The van der Waals surface area contributed by atoms with Gasteiger partial charge in [-0.1, -0.05) is 0 Å². The SMILES string of the molecule is CC(C)(C)OC1(OC(C)(C)C)C(F)(F)C(F)(F)C(F)(F)C1(F)F. The van der Waals surface area contributed by atoms with Crippen LogP contribution in [0.2, 0.25) is 0 Å². The summed E-state index contributed by atoms with van der Waals surface area (Å²) in [6.45, 7) is 5.84. The van der Waals surface area contributed by atoms with Crippen molar-refractivity contribution in [1.82, 2.24) is 0 Å². The Morgan fingerprint density at radius 1 is 0.478 bits per heavy atom. The van der Waals surface area contributed by atoms with Crippen molar-refractivity contribution < 1.29 is 44.6 Å². The number of rotatable bonds is 2. The van der Waals surface area contributed by atoms with Crippen LogP contribution in [0, 0.1) is 0 Å². The van der Waals surface area contributed by atoms with Gasteiger partial charge in [0.05, 0.1) is 11.2 Å². The first-order chi connectivity index (χ1) is 9.66. The second kappa shape index (κ2) is 4.71. The van der Waals surface area contributed by atoms with Gasteiger partial charge >= 0.3 is 29.5 Å². The lowest BCUT2D eigenvalue weighted by atomic mass is 10.0. The molecule has 0 aliphatic heterocycles. The van der Waals surface area contributed by atoms with E-state index in [-0.39, 0.29) is 0 Å². The van der Waals surface area contributed by atoms with Gasteiger partial charge in [0.25, 0.3) is 0 Å². The zero-order valence-electron chi connectivity index (χ0n) is 13.3. The molecule has 1 saturated carbocycles. The minimum absolute atomic E-state index is 0.974. The number of ether oxygens (including phenoxy) is 2. The molecule has 0 aromatic carbocycles. The molecule has 2 nitrogen and oxygen atoms in total. The van der Waals surface area contributed by atoms with Crippen LogP contribution in [0.4, 0.5) is 35.1 Å². The molecular weight excluding hydrogens is 340 g/mol. The summed E-state index contributed by atoms with van der Waals surface area (Å²) < 4.78 is 119. The summed E-state index contributed by atoms with van der Waals surface area (Å²) in [4.78, 5) is 0. The quantitative estimate of drug-likeness (QED) is 0.518. The highest BCUT2D eigenvalue weighted by Crippen LogP contribution is 2.70. The van der Waals surface area contributed by atoms with Crippen molar-refractivity contribution in [1.29, 1.82) is 0 Å². The lowest BCUT2D eigenvalue weighted by molar-refractivity contribution is -0.443. The maximum absolute atomic E-state index is 14.1. The van der Waals surface area contributed by atoms with Gasteiger partial charge in [-0.2, -0.15) is 35.1 Å². The Morgan fingerprint density at radius 3 is 0.870 bits per heavy atom. The molecule has 0 atom stereocenters. The predicted octanol–water partition coefficient (Wildman–Crippen LogP) is 4.87. The van der Waals surface area contributed by atoms with E-state index >= 15 is 0 Å². The van der Waals surface area contributed by atoms with E-state index in [2.05, 4.69) is 9.47 Å². The Bertz CT molecular complexity index is 429. The van der Waals surface area contributed by atoms with E-state index in [1.165, 1.54) is 0 Å². The van der Waals surface area contributed by atoms with Gasteiger partial charge in [0.2, 0.25) is 0 Å². The van der Waals surface area contributed by atoms with Gasteiger partial charge in [0, 0.05) is 0 Å². The molecule has 0 unspecified atom stereocenters. The molecule has 0 spiro atoms. The van der Waals surface area contributed by atoms with Crippen molar-refractivity contribution >= 4 is 0 Å². The summed E-state index contributed by atoms with van der Waals surface area (Å²) in [6, 6.07) is 0. The van der Waals surface area contributed by atoms with E-state index in [1.807, 2.05) is 0 Å². The maximum Gasteiger partial charge on any atom is 0.384 e. The van der Waals surface area contributed by atoms with Crippen molar-refractivity contribution in [3.8, 4) is 0 Å². The van der Waals surface area contributed by atoms with Crippen molar-refractivity contribution in [2.24, 2.45) is 0 Å². The van der Waals surface area contributed by atoms with Crippen LogP contribution in [0.1, 0.15) is 41.5 Å². The standard InChI is InChI=1S/C13H18F8O2/c1-7(2,3)22-13(23-8(4,5)6)11(18,19)9(14,15)10(16,17)12(13,20)21/h1-6H3. The summed E-state index contributed by atoms with van der Waals surface area (Å²) >= 11 is 0. The fraction of sp³-hybridized carbons (Fsp3) is 1.00. The molecule has 0 amide bonds. The number of alkyl halides is 8. The van der Waals surface area contributed by atoms with Gasteiger partial charge in [-0.15, -0.1) is 0 Å². The molecule has 1 rings (SSSR count). The van der Waals surface area contributed by atoms with Crippen LogP contribution in [0.25, 0.3) is 0 Å². The van der Waals surface area contributed by atoms with Crippen LogP contribution in [0.3, 0.4) is 0 Å². The molecule has 0 bridgehead atoms. The van der Waals surface area contributed by atoms with Crippen molar-refractivity contribution in [2.45, 2.75) is 82.2 Å². The highest BCUT2D eigenvalue weighted by molar-refractivity contribution is 5.24. The van der Waals surface area contributed by atoms with Crippen LogP contribution in [-0.2, 0) is 9.47 Å². The minimum atomic E-state index is -6.38. The smallest absolute Gasteiger partial charge is 0.334 e. The van der Waals surface area contributed by atoms with Gasteiger partial charge < -0.3 is 9.47 Å². The molecule has 1 aliphatic carbocycles. The van der Waals surface area contributed by atoms with Crippen LogP contribution in [0.15, 0.2) is 0 Å². The van der Waals surface area contributed by atoms with Gasteiger partial charge in [0.15, 0.2) is 0 Å². The third-order valence-corrected chi connectivity index (χ3v) is 2.91. The van der Waals surface area contributed by atoms with Crippen LogP contribution < -0.4 is 0 Å².